The molecule has 0 saturated heterocycles. The molecule has 1 rings (SSSR count). The summed E-state index contributed by atoms with van der Waals surface area (Å²) >= 11 is 0. The van der Waals surface area contributed by atoms with Crippen molar-refractivity contribution in [2.45, 2.75) is 39.8 Å². The Morgan fingerprint density at radius 3 is 2.11 bits per heavy atom. The molecule has 0 fully saturated rings. The predicted octanol–water partition coefficient (Wildman–Crippen LogP) is 2.75. The maximum atomic E-state index is 12.1. The number of anilines is 1. The Morgan fingerprint density at radius 1 is 1.16 bits per heavy atom. The van der Waals surface area contributed by atoms with E-state index >= 15 is 0 Å². The van der Waals surface area contributed by atoms with Crippen molar-refractivity contribution in [1.82, 2.24) is 4.90 Å². The van der Waals surface area contributed by atoms with E-state index in [2.05, 4.69) is 5.32 Å². The van der Waals surface area contributed by atoms with E-state index in [1.165, 1.54) is 0 Å². The molecule has 0 aliphatic carbocycles. The Morgan fingerprint density at radius 2 is 1.68 bits per heavy atom. The average Bonchev–Trinajstić information content (AvgIpc) is 2.36. The highest BCUT2D eigenvalue weighted by molar-refractivity contribution is 5.78. The number of amides is 1. The van der Waals surface area contributed by atoms with Crippen molar-refractivity contribution >= 4 is 11.6 Å². The molecule has 1 N–H and O–H groups in total. The molecule has 106 valence electrons. The molecule has 0 aliphatic rings. The zero-order valence-corrected chi connectivity index (χ0v) is 12.4. The quantitative estimate of drug-likeness (QED) is 0.859. The van der Waals surface area contributed by atoms with Crippen LogP contribution in [0.1, 0.15) is 27.7 Å². The van der Waals surface area contributed by atoms with E-state index in [1.807, 2.05) is 63.9 Å². The van der Waals surface area contributed by atoms with Crippen molar-refractivity contribution in [2.24, 2.45) is 0 Å². The molecule has 4 nitrogen and oxygen atoms in total. The lowest BCUT2D eigenvalue weighted by Crippen LogP contribution is -2.44. The lowest BCUT2D eigenvalue weighted by molar-refractivity contribution is -0.136. The molecule has 0 radical (unpaired) electrons. The third-order valence-corrected chi connectivity index (χ3v) is 2.91. The van der Waals surface area contributed by atoms with Crippen LogP contribution in [0.15, 0.2) is 24.3 Å². The maximum absolute atomic E-state index is 12.1. The van der Waals surface area contributed by atoms with E-state index in [-0.39, 0.29) is 24.6 Å². The summed E-state index contributed by atoms with van der Waals surface area (Å²) in [7, 11) is 1.86. The summed E-state index contributed by atoms with van der Waals surface area (Å²) in [4.78, 5) is 13.9. The number of nitrogens with zero attached hydrogens (tertiary/aromatic N) is 1. The first-order chi connectivity index (χ1) is 8.95. The Labute approximate surface area is 115 Å². The average molecular weight is 264 g/mol. The minimum absolute atomic E-state index is 0.0164. The molecule has 19 heavy (non-hydrogen) atoms. The number of carbonyl (C=O) groups is 1. The lowest BCUT2D eigenvalue weighted by atomic mass is 10.2. The summed E-state index contributed by atoms with van der Waals surface area (Å²) in [6, 6.07) is 7.92. The minimum atomic E-state index is 0.0164. The van der Waals surface area contributed by atoms with E-state index in [1.54, 1.807) is 0 Å². The van der Waals surface area contributed by atoms with Gasteiger partial charge in [0, 0.05) is 24.8 Å². The lowest BCUT2D eigenvalue weighted by Gasteiger charge is -2.30. The van der Waals surface area contributed by atoms with E-state index in [0.29, 0.717) is 5.75 Å². The van der Waals surface area contributed by atoms with Crippen LogP contribution >= 0.6 is 0 Å². The number of carbonyl (C=O) groups excluding carboxylic acids is 1. The van der Waals surface area contributed by atoms with Gasteiger partial charge in [0.2, 0.25) is 0 Å². The summed E-state index contributed by atoms with van der Waals surface area (Å²) in [5.74, 6) is 0.725. The molecule has 0 saturated carbocycles. The van der Waals surface area contributed by atoms with Crippen molar-refractivity contribution in [3.8, 4) is 5.75 Å². The molecule has 0 aliphatic heterocycles. The highest BCUT2D eigenvalue weighted by Crippen LogP contribution is 2.15. The number of rotatable bonds is 6. The van der Waals surface area contributed by atoms with Gasteiger partial charge in [0.15, 0.2) is 6.61 Å². The fraction of sp³-hybridized carbons (Fsp3) is 0.533. The second-order valence-corrected chi connectivity index (χ2v) is 5.05. The summed E-state index contributed by atoms with van der Waals surface area (Å²) in [5, 5.41) is 3.04. The first-order valence-corrected chi connectivity index (χ1v) is 6.67. The summed E-state index contributed by atoms with van der Waals surface area (Å²) in [5.41, 5.74) is 1.02. The molecule has 1 amide bonds. The van der Waals surface area contributed by atoms with Crippen LogP contribution in [0.5, 0.6) is 5.75 Å². The molecule has 0 aromatic heterocycles. The SMILES string of the molecule is CNc1ccc(OCC(=O)N(C(C)C)C(C)C)cc1. The first-order valence-electron chi connectivity index (χ1n) is 6.67. The van der Waals surface area contributed by atoms with E-state index < -0.39 is 0 Å². The molecule has 0 unspecified atom stereocenters. The van der Waals surface area contributed by atoms with Gasteiger partial charge in [0.1, 0.15) is 5.75 Å². The van der Waals surface area contributed by atoms with Gasteiger partial charge in [-0.3, -0.25) is 4.79 Å². The molecule has 4 heteroatoms. The highest BCUT2D eigenvalue weighted by Gasteiger charge is 2.20. The van der Waals surface area contributed by atoms with Gasteiger partial charge >= 0.3 is 0 Å². The first kappa shape index (κ1) is 15.3. The molecule has 1 aromatic rings. The van der Waals surface area contributed by atoms with Crippen LogP contribution in [-0.2, 0) is 4.79 Å². The zero-order valence-electron chi connectivity index (χ0n) is 12.4. The Hall–Kier alpha value is -1.71. The van der Waals surface area contributed by atoms with Crippen LogP contribution in [0, 0.1) is 0 Å². The van der Waals surface area contributed by atoms with Crippen molar-refractivity contribution in [3.05, 3.63) is 24.3 Å². The second-order valence-electron chi connectivity index (χ2n) is 5.05. The maximum Gasteiger partial charge on any atom is 0.260 e. The molecule has 1 aromatic carbocycles. The topological polar surface area (TPSA) is 41.6 Å². The van der Waals surface area contributed by atoms with Crippen LogP contribution in [0.25, 0.3) is 0 Å². The fourth-order valence-electron chi connectivity index (χ4n) is 2.11. The third kappa shape index (κ3) is 4.47. The predicted molar refractivity (Wildman–Crippen MR) is 78.6 cm³/mol. The Balaban J connectivity index is 2.57. The van der Waals surface area contributed by atoms with Crippen molar-refractivity contribution in [3.63, 3.8) is 0 Å². The minimum Gasteiger partial charge on any atom is -0.484 e. The van der Waals surface area contributed by atoms with Crippen LogP contribution in [-0.4, -0.2) is 36.5 Å². The molecular weight excluding hydrogens is 240 g/mol. The summed E-state index contributed by atoms with van der Waals surface area (Å²) in [6.45, 7) is 8.13. The summed E-state index contributed by atoms with van der Waals surface area (Å²) in [6.07, 6.45) is 0. The van der Waals surface area contributed by atoms with Gasteiger partial charge in [-0.15, -0.1) is 0 Å². The van der Waals surface area contributed by atoms with Crippen molar-refractivity contribution in [1.29, 1.82) is 0 Å². The molecule has 0 heterocycles. The van der Waals surface area contributed by atoms with Crippen LogP contribution < -0.4 is 10.1 Å². The van der Waals surface area contributed by atoms with Gasteiger partial charge in [-0.25, -0.2) is 0 Å². The van der Waals surface area contributed by atoms with Gasteiger partial charge in [0.05, 0.1) is 0 Å². The molecule has 0 spiro atoms. The zero-order chi connectivity index (χ0) is 14.4. The molecular formula is C15H24N2O2. The smallest absolute Gasteiger partial charge is 0.260 e. The van der Waals surface area contributed by atoms with Gasteiger partial charge < -0.3 is 15.0 Å². The largest absolute Gasteiger partial charge is 0.484 e. The van der Waals surface area contributed by atoms with Crippen LogP contribution in [0.4, 0.5) is 5.69 Å². The monoisotopic (exact) mass is 264 g/mol. The van der Waals surface area contributed by atoms with Gasteiger partial charge in [-0.2, -0.15) is 0 Å². The normalized spacial score (nSPS) is 10.7. The number of ether oxygens (including phenoxy) is 1. The Bertz CT molecular complexity index is 391. The number of benzene rings is 1. The molecule has 0 atom stereocenters. The van der Waals surface area contributed by atoms with Gasteiger partial charge in [-0.05, 0) is 52.0 Å². The second kappa shape index (κ2) is 7.02. The number of hydrogen-bond acceptors (Lipinski definition) is 3. The molecule has 0 bridgehead atoms. The van der Waals surface area contributed by atoms with Gasteiger partial charge in [-0.1, -0.05) is 0 Å². The Kier molecular flexibility index (Phi) is 5.67. The van der Waals surface area contributed by atoms with E-state index in [0.717, 1.165) is 5.69 Å². The van der Waals surface area contributed by atoms with Crippen LogP contribution in [0.3, 0.4) is 0 Å². The highest BCUT2D eigenvalue weighted by atomic mass is 16.5. The van der Waals surface area contributed by atoms with Gasteiger partial charge in [0.25, 0.3) is 5.91 Å². The van der Waals surface area contributed by atoms with E-state index in [4.69, 9.17) is 4.74 Å². The summed E-state index contributed by atoms with van der Waals surface area (Å²) < 4.78 is 5.53. The van der Waals surface area contributed by atoms with Crippen molar-refractivity contribution in [2.75, 3.05) is 19.0 Å². The van der Waals surface area contributed by atoms with Crippen molar-refractivity contribution < 1.29 is 9.53 Å². The third-order valence-electron chi connectivity index (χ3n) is 2.91. The number of nitrogens with one attached hydrogen (secondary N) is 1. The standard InChI is InChI=1S/C15H24N2O2/c1-11(2)17(12(3)4)15(18)10-19-14-8-6-13(16-5)7-9-14/h6-9,11-12,16H,10H2,1-5H3. The fourth-order valence-corrected chi connectivity index (χ4v) is 2.11. The van der Waals surface area contributed by atoms with Crippen LogP contribution in [0.2, 0.25) is 0 Å². The van der Waals surface area contributed by atoms with E-state index in [9.17, 15) is 4.79 Å². The number of hydrogen-bond donors (Lipinski definition) is 1.